The van der Waals surface area contributed by atoms with Gasteiger partial charge in [-0.15, -0.1) is 0 Å². The van der Waals surface area contributed by atoms with Crippen molar-refractivity contribution in [2.45, 2.75) is 51.5 Å². The van der Waals surface area contributed by atoms with Gasteiger partial charge in [0.25, 0.3) is 0 Å². The number of methoxy groups -OCH3 is 1. The largest absolute Gasteiger partial charge is 0.468 e. The van der Waals surface area contributed by atoms with E-state index in [1.165, 1.54) is 32.8 Å². The summed E-state index contributed by atoms with van der Waals surface area (Å²) in [5, 5.41) is 0. The molecule has 0 aliphatic rings. The molecule has 0 bridgehead atoms. The molecule has 0 spiro atoms. The summed E-state index contributed by atoms with van der Waals surface area (Å²) in [6, 6.07) is -0.424. The molecule has 0 aliphatic heterocycles. The maximum Gasteiger partial charge on any atom is 0.322 e. The third-order valence-electron chi connectivity index (χ3n) is 2.12. The van der Waals surface area contributed by atoms with Gasteiger partial charge in [-0.2, -0.15) is 0 Å². The van der Waals surface area contributed by atoms with Gasteiger partial charge in [-0.1, -0.05) is 39.0 Å². The van der Waals surface area contributed by atoms with Crippen LogP contribution in [0, 0.1) is 0 Å². The van der Waals surface area contributed by atoms with Gasteiger partial charge in [0, 0.05) is 0 Å². The molecule has 0 amide bonds. The van der Waals surface area contributed by atoms with Crippen LogP contribution in [0.5, 0.6) is 0 Å². The zero-order chi connectivity index (χ0) is 10.1. The van der Waals surface area contributed by atoms with Crippen molar-refractivity contribution in [1.82, 2.24) is 0 Å². The molecule has 0 rings (SSSR count). The van der Waals surface area contributed by atoms with Gasteiger partial charge in [0.15, 0.2) is 0 Å². The van der Waals surface area contributed by atoms with Gasteiger partial charge in [-0.3, -0.25) is 4.79 Å². The van der Waals surface area contributed by atoms with Gasteiger partial charge in [-0.05, 0) is 6.42 Å². The molecule has 0 aromatic heterocycles. The summed E-state index contributed by atoms with van der Waals surface area (Å²) in [5.41, 5.74) is 5.57. The minimum absolute atomic E-state index is 0.296. The van der Waals surface area contributed by atoms with Crippen LogP contribution in [0.3, 0.4) is 0 Å². The van der Waals surface area contributed by atoms with E-state index in [0.717, 1.165) is 12.8 Å². The summed E-state index contributed by atoms with van der Waals surface area (Å²) in [5.74, 6) is -0.296. The van der Waals surface area contributed by atoms with E-state index in [-0.39, 0.29) is 5.97 Å². The summed E-state index contributed by atoms with van der Waals surface area (Å²) >= 11 is 0. The Morgan fingerprint density at radius 1 is 1.31 bits per heavy atom. The quantitative estimate of drug-likeness (QED) is 0.489. The van der Waals surface area contributed by atoms with Crippen molar-refractivity contribution in [3.63, 3.8) is 0 Å². The molecule has 13 heavy (non-hydrogen) atoms. The number of nitrogens with two attached hydrogens (primary N) is 1. The number of esters is 1. The lowest BCUT2D eigenvalue weighted by Gasteiger charge is -2.08. The Balaban J connectivity index is 3.26. The van der Waals surface area contributed by atoms with Crippen LogP contribution < -0.4 is 5.73 Å². The van der Waals surface area contributed by atoms with Gasteiger partial charge < -0.3 is 10.5 Å². The van der Waals surface area contributed by atoms with Crippen LogP contribution in [0.4, 0.5) is 0 Å². The van der Waals surface area contributed by atoms with Gasteiger partial charge in [0.2, 0.25) is 0 Å². The average molecular weight is 187 g/mol. The highest BCUT2D eigenvalue weighted by molar-refractivity contribution is 5.75. The van der Waals surface area contributed by atoms with Crippen molar-refractivity contribution < 1.29 is 9.53 Å². The second-order valence-electron chi connectivity index (χ2n) is 3.33. The number of hydrogen-bond acceptors (Lipinski definition) is 3. The lowest BCUT2D eigenvalue weighted by molar-refractivity contribution is -0.142. The fourth-order valence-electron chi connectivity index (χ4n) is 1.24. The summed E-state index contributed by atoms with van der Waals surface area (Å²) < 4.78 is 4.53. The van der Waals surface area contributed by atoms with Gasteiger partial charge in [0.05, 0.1) is 7.11 Å². The van der Waals surface area contributed by atoms with Crippen LogP contribution in [0.25, 0.3) is 0 Å². The second-order valence-corrected chi connectivity index (χ2v) is 3.33. The minimum Gasteiger partial charge on any atom is -0.468 e. The molecule has 0 radical (unpaired) electrons. The smallest absolute Gasteiger partial charge is 0.322 e. The first-order valence-corrected chi connectivity index (χ1v) is 5.05. The number of ether oxygens (including phenoxy) is 1. The number of hydrogen-bond donors (Lipinski definition) is 1. The van der Waals surface area contributed by atoms with Crippen molar-refractivity contribution in [1.29, 1.82) is 0 Å². The van der Waals surface area contributed by atoms with E-state index in [2.05, 4.69) is 11.7 Å². The zero-order valence-corrected chi connectivity index (χ0v) is 8.71. The van der Waals surface area contributed by atoms with E-state index in [9.17, 15) is 4.79 Å². The molecule has 0 unspecified atom stereocenters. The fraction of sp³-hybridized carbons (Fsp3) is 0.900. The molecule has 78 valence electrons. The number of unbranched alkanes of at least 4 members (excludes halogenated alkanes) is 4. The molecule has 0 heterocycles. The standard InChI is InChI=1S/C10H21NO2/c1-3-4-5-6-7-8-9(11)10(12)13-2/h9H,3-8,11H2,1-2H3/t9-/m1/s1. The SMILES string of the molecule is CCCCCCC[C@@H](N)C(=O)OC. The van der Waals surface area contributed by atoms with E-state index in [0.29, 0.717) is 0 Å². The number of rotatable bonds is 7. The fourth-order valence-corrected chi connectivity index (χ4v) is 1.24. The highest BCUT2D eigenvalue weighted by Crippen LogP contribution is 2.06. The van der Waals surface area contributed by atoms with E-state index in [1.54, 1.807) is 0 Å². The minimum atomic E-state index is -0.424. The summed E-state index contributed by atoms with van der Waals surface area (Å²) in [6.45, 7) is 2.18. The first-order chi connectivity index (χ1) is 6.22. The Morgan fingerprint density at radius 2 is 1.92 bits per heavy atom. The molecule has 3 heteroatoms. The normalized spacial score (nSPS) is 12.5. The first-order valence-electron chi connectivity index (χ1n) is 5.05. The second kappa shape index (κ2) is 8.05. The highest BCUT2D eigenvalue weighted by atomic mass is 16.5. The van der Waals surface area contributed by atoms with Crippen molar-refractivity contribution in [3.05, 3.63) is 0 Å². The summed E-state index contributed by atoms with van der Waals surface area (Å²) in [4.78, 5) is 10.9. The Labute approximate surface area is 80.6 Å². The van der Waals surface area contributed by atoms with Crippen LogP contribution in [0.1, 0.15) is 45.4 Å². The molecule has 0 aromatic carbocycles. The number of carbonyl (C=O) groups is 1. The lowest BCUT2D eigenvalue weighted by Crippen LogP contribution is -2.31. The van der Waals surface area contributed by atoms with Crippen LogP contribution in [0.15, 0.2) is 0 Å². The van der Waals surface area contributed by atoms with Crippen LogP contribution in [-0.4, -0.2) is 19.1 Å². The Kier molecular flexibility index (Phi) is 7.69. The Bertz CT molecular complexity index is 137. The summed E-state index contributed by atoms with van der Waals surface area (Å²) in [6.07, 6.45) is 6.69. The van der Waals surface area contributed by atoms with Crippen LogP contribution in [0.2, 0.25) is 0 Å². The molecule has 1 atom stereocenters. The average Bonchev–Trinajstić information content (AvgIpc) is 2.16. The van der Waals surface area contributed by atoms with Crippen LogP contribution in [-0.2, 0) is 9.53 Å². The van der Waals surface area contributed by atoms with Crippen molar-refractivity contribution in [3.8, 4) is 0 Å². The zero-order valence-electron chi connectivity index (χ0n) is 8.71. The maximum absolute atomic E-state index is 10.9. The van der Waals surface area contributed by atoms with E-state index < -0.39 is 6.04 Å². The van der Waals surface area contributed by atoms with Gasteiger partial charge in [0.1, 0.15) is 6.04 Å². The Hall–Kier alpha value is -0.570. The third-order valence-corrected chi connectivity index (χ3v) is 2.12. The molecule has 2 N–H and O–H groups in total. The van der Waals surface area contributed by atoms with Crippen molar-refractivity contribution in [2.75, 3.05) is 7.11 Å². The molecule has 3 nitrogen and oxygen atoms in total. The van der Waals surface area contributed by atoms with Gasteiger partial charge >= 0.3 is 5.97 Å². The third kappa shape index (κ3) is 6.58. The molecular formula is C10H21NO2. The number of carbonyl (C=O) groups excluding carboxylic acids is 1. The molecule has 0 saturated heterocycles. The molecule has 0 saturated carbocycles. The van der Waals surface area contributed by atoms with Crippen molar-refractivity contribution in [2.24, 2.45) is 5.73 Å². The van der Waals surface area contributed by atoms with E-state index in [4.69, 9.17) is 5.73 Å². The van der Waals surface area contributed by atoms with Gasteiger partial charge in [-0.25, -0.2) is 0 Å². The van der Waals surface area contributed by atoms with Crippen LogP contribution >= 0.6 is 0 Å². The van der Waals surface area contributed by atoms with Crippen molar-refractivity contribution >= 4 is 5.97 Å². The molecular weight excluding hydrogens is 166 g/mol. The summed E-state index contributed by atoms with van der Waals surface area (Å²) in [7, 11) is 1.37. The lowest BCUT2D eigenvalue weighted by atomic mass is 10.1. The predicted molar refractivity (Wildman–Crippen MR) is 53.4 cm³/mol. The molecule has 0 fully saturated rings. The maximum atomic E-state index is 10.9. The monoisotopic (exact) mass is 187 g/mol. The Morgan fingerprint density at radius 3 is 2.46 bits per heavy atom. The topological polar surface area (TPSA) is 52.3 Å². The predicted octanol–water partition coefficient (Wildman–Crippen LogP) is 1.85. The first kappa shape index (κ1) is 12.4. The highest BCUT2D eigenvalue weighted by Gasteiger charge is 2.11. The van der Waals surface area contributed by atoms with E-state index in [1.807, 2.05) is 0 Å². The molecule has 0 aromatic rings. The van der Waals surface area contributed by atoms with E-state index >= 15 is 0 Å². The molecule has 0 aliphatic carbocycles.